The highest BCUT2D eigenvalue weighted by Gasteiger charge is 2.23. The minimum absolute atomic E-state index is 0.0715. The number of methoxy groups -OCH3 is 1. The van der Waals surface area contributed by atoms with Gasteiger partial charge in [-0.15, -0.1) is 6.42 Å². The molecule has 1 N–H and O–H groups in total. The molecule has 0 saturated carbocycles. The summed E-state index contributed by atoms with van der Waals surface area (Å²) < 4.78 is 10.3. The summed E-state index contributed by atoms with van der Waals surface area (Å²) in [5, 5.41) is 3.31. The molecule has 1 aromatic rings. The summed E-state index contributed by atoms with van der Waals surface area (Å²) in [6, 6.07) is 7.21. The van der Waals surface area contributed by atoms with Crippen molar-refractivity contribution in [3.05, 3.63) is 35.4 Å². The van der Waals surface area contributed by atoms with Crippen LogP contribution >= 0.6 is 0 Å². The number of esters is 1. The van der Waals surface area contributed by atoms with Gasteiger partial charge in [-0.3, -0.25) is 5.32 Å². The van der Waals surface area contributed by atoms with Gasteiger partial charge in [0, 0.05) is 13.2 Å². The molecule has 2 rings (SSSR count). The van der Waals surface area contributed by atoms with Crippen LogP contribution in [0, 0.1) is 12.3 Å². The van der Waals surface area contributed by atoms with Crippen molar-refractivity contribution in [1.29, 1.82) is 0 Å². The summed E-state index contributed by atoms with van der Waals surface area (Å²) in [4.78, 5) is 11.3. The lowest BCUT2D eigenvalue weighted by molar-refractivity contribution is 0.0600. The zero-order valence-corrected chi connectivity index (χ0v) is 11.6. The van der Waals surface area contributed by atoms with Crippen LogP contribution in [-0.4, -0.2) is 31.8 Å². The highest BCUT2D eigenvalue weighted by molar-refractivity contribution is 5.89. The topological polar surface area (TPSA) is 47.6 Å². The number of terminal acetylenes is 1. The molecule has 20 heavy (non-hydrogen) atoms. The molecular weight excluding hydrogens is 254 g/mol. The minimum Gasteiger partial charge on any atom is -0.465 e. The predicted octanol–water partition coefficient (Wildman–Crippen LogP) is 1.74. The summed E-state index contributed by atoms with van der Waals surface area (Å²) in [5.74, 6) is 2.41. The van der Waals surface area contributed by atoms with Gasteiger partial charge >= 0.3 is 5.97 Å². The van der Waals surface area contributed by atoms with Crippen molar-refractivity contribution in [2.45, 2.75) is 31.5 Å². The summed E-state index contributed by atoms with van der Waals surface area (Å²) in [6.45, 7) is 1.44. The normalized spacial score (nSPS) is 19.3. The van der Waals surface area contributed by atoms with Crippen LogP contribution in [0.4, 0.5) is 0 Å². The van der Waals surface area contributed by atoms with Gasteiger partial charge in [-0.2, -0.15) is 0 Å². The first-order valence-corrected chi connectivity index (χ1v) is 6.73. The third-order valence-electron chi connectivity index (χ3n) is 3.42. The van der Waals surface area contributed by atoms with E-state index in [1.165, 1.54) is 7.11 Å². The van der Waals surface area contributed by atoms with Crippen LogP contribution in [0.15, 0.2) is 24.3 Å². The molecule has 0 amide bonds. The lowest BCUT2D eigenvalue weighted by Crippen LogP contribution is -2.37. The van der Waals surface area contributed by atoms with Crippen molar-refractivity contribution in [2.75, 3.05) is 13.7 Å². The second kappa shape index (κ2) is 7.09. The van der Waals surface area contributed by atoms with E-state index >= 15 is 0 Å². The SMILES string of the molecule is C#CC(NCc1ccc(C(=O)OC)cc1)C1CCCO1. The van der Waals surface area contributed by atoms with Gasteiger partial charge in [0.1, 0.15) is 0 Å². The van der Waals surface area contributed by atoms with Gasteiger partial charge in [0.2, 0.25) is 0 Å². The van der Waals surface area contributed by atoms with Crippen LogP contribution < -0.4 is 5.32 Å². The van der Waals surface area contributed by atoms with Gasteiger partial charge in [-0.1, -0.05) is 18.1 Å². The van der Waals surface area contributed by atoms with Crippen molar-refractivity contribution >= 4 is 5.97 Å². The molecule has 2 atom stereocenters. The third-order valence-corrected chi connectivity index (χ3v) is 3.42. The number of benzene rings is 1. The number of ether oxygens (including phenoxy) is 2. The molecule has 0 radical (unpaired) electrons. The predicted molar refractivity (Wildman–Crippen MR) is 76.2 cm³/mol. The Balaban J connectivity index is 1.90. The molecule has 1 aliphatic heterocycles. The van der Waals surface area contributed by atoms with Crippen LogP contribution in [0.2, 0.25) is 0 Å². The van der Waals surface area contributed by atoms with E-state index in [0.29, 0.717) is 12.1 Å². The molecule has 0 spiro atoms. The first kappa shape index (κ1) is 14.6. The zero-order chi connectivity index (χ0) is 14.4. The first-order chi connectivity index (χ1) is 9.74. The standard InChI is InChI=1S/C16H19NO3/c1-3-14(15-5-4-10-20-15)17-11-12-6-8-13(9-7-12)16(18)19-2/h1,6-9,14-15,17H,4-5,10-11H2,2H3. The molecule has 4 heteroatoms. The summed E-state index contributed by atoms with van der Waals surface area (Å²) in [7, 11) is 1.37. The molecule has 4 nitrogen and oxygen atoms in total. The van der Waals surface area contributed by atoms with E-state index in [-0.39, 0.29) is 18.1 Å². The quantitative estimate of drug-likeness (QED) is 0.656. The number of rotatable bonds is 5. The van der Waals surface area contributed by atoms with Crippen molar-refractivity contribution < 1.29 is 14.3 Å². The van der Waals surface area contributed by atoms with Crippen molar-refractivity contribution in [2.24, 2.45) is 0 Å². The monoisotopic (exact) mass is 273 g/mol. The van der Waals surface area contributed by atoms with Gasteiger partial charge in [-0.05, 0) is 30.5 Å². The zero-order valence-electron chi connectivity index (χ0n) is 11.6. The largest absolute Gasteiger partial charge is 0.465 e. The van der Waals surface area contributed by atoms with E-state index in [4.69, 9.17) is 11.2 Å². The number of hydrogen-bond acceptors (Lipinski definition) is 4. The highest BCUT2D eigenvalue weighted by Crippen LogP contribution is 2.16. The molecule has 2 unspecified atom stereocenters. The van der Waals surface area contributed by atoms with Crippen LogP contribution in [0.3, 0.4) is 0 Å². The minimum atomic E-state index is -0.328. The molecule has 0 aliphatic carbocycles. The molecule has 1 saturated heterocycles. The Morgan fingerprint density at radius 1 is 1.55 bits per heavy atom. The van der Waals surface area contributed by atoms with Crippen molar-refractivity contribution in [1.82, 2.24) is 5.32 Å². The average Bonchev–Trinajstić information content (AvgIpc) is 3.02. The van der Waals surface area contributed by atoms with Gasteiger partial charge in [0.25, 0.3) is 0 Å². The Kier molecular flexibility index (Phi) is 5.16. The lowest BCUT2D eigenvalue weighted by atomic mass is 10.1. The van der Waals surface area contributed by atoms with E-state index in [1.807, 2.05) is 12.1 Å². The summed E-state index contributed by atoms with van der Waals surface area (Å²) in [5.41, 5.74) is 1.61. The first-order valence-electron chi connectivity index (χ1n) is 6.73. The Labute approximate surface area is 119 Å². The van der Waals surface area contributed by atoms with E-state index in [9.17, 15) is 4.79 Å². The Morgan fingerprint density at radius 2 is 2.30 bits per heavy atom. The third kappa shape index (κ3) is 3.60. The van der Waals surface area contributed by atoms with Crippen LogP contribution in [0.1, 0.15) is 28.8 Å². The second-order valence-electron chi connectivity index (χ2n) is 4.77. The Bertz CT molecular complexity index is 483. The fourth-order valence-electron chi connectivity index (χ4n) is 2.27. The lowest BCUT2D eigenvalue weighted by Gasteiger charge is -2.19. The smallest absolute Gasteiger partial charge is 0.337 e. The average molecular weight is 273 g/mol. The number of carbonyl (C=O) groups is 1. The molecule has 1 aromatic carbocycles. The van der Waals surface area contributed by atoms with Gasteiger partial charge in [0.15, 0.2) is 0 Å². The maximum absolute atomic E-state index is 11.3. The van der Waals surface area contributed by atoms with Crippen LogP contribution in [0.25, 0.3) is 0 Å². The van der Waals surface area contributed by atoms with E-state index < -0.39 is 0 Å². The highest BCUT2D eigenvalue weighted by atomic mass is 16.5. The van der Waals surface area contributed by atoms with Crippen LogP contribution in [-0.2, 0) is 16.0 Å². The maximum atomic E-state index is 11.3. The Hall–Kier alpha value is -1.83. The van der Waals surface area contributed by atoms with E-state index in [1.54, 1.807) is 12.1 Å². The molecule has 106 valence electrons. The van der Waals surface area contributed by atoms with Gasteiger partial charge in [-0.25, -0.2) is 4.79 Å². The van der Waals surface area contributed by atoms with Crippen molar-refractivity contribution in [3.63, 3.8) is 0 Å². The van der Waals surface area contributed by atoms with Gasteiger partial charge in [0.05, 0.1) is 24.8 Å². The summed E-state index contributed by atoms with van der Waals surface area (Å²) >= 11 is 0. The second-order valence-corrected chi connectivity index (χ2v) is 4.77. The maximum Gasteiger partial charge on any atom is 0.337 e. The van der Waals surface area contributed by atoms with E-state index in [2.05, 4.69) is 16.0 Å². The van der Waals surface area contributed by atoms with Crippen molar-refractivity contribution in [3.8, 4) is 12.3 Å². The summed E-state index contributed by atoms with van der Waals surface area (Å²) in [6.07, 6.45) is 7.72. The van der Waals surface area contributed by atoms with Gasteiger partial charge < -0.3 is 9.47 Å². The Morgan fingerprint density at radius 3 is 2.85 bits per heavy atom. The van der Waals surface area contributed by atoms with E-state index in [0.717, 1.165) is 25.0 Å². The fourth-order valence-corrected chi connectivity index (χ4v) is 2.27. The molecule has 1 aliphatic rings. The molecule has 1 fully saturated rings. The fraction of sp³-hybridized carbons (Fsp3) is 0.438. The number of nitrogens with one attached hydrogen (secondary N) is 1. The number of carbonyl (C=O) groups excluding carboxylic acids is 1. The molecular formula is C16H19NO3. The van der Waals surface area contributed by atoms with Crippen LogP contribution in [0.5, 0.6) is 0 Å². The molecule has 1 heterocycles. The molecule has 0 bridgehead atoms. The molecule has 0 aromatic heterocycles. The number of hydrogen-bond donors (Lipinski definition) is 1.